The topological polar surface area (TPSA) is 113 Å². The van der Waals surface area contributed by atoms with E-state index in [1.807, 2.05) is 0 Å². The Labute approximate surface area is 158 Å². The summed E-state index contributed by atoms with van der Waals surface area (Å²) in [6.45, 7) is 2.73. The predicted octanol–water partition coefficient (Wildman–Crippen LogP) is 1.97. The molecule has 2 amide bonds. The number of anilines is 1. The van der Waals surface area contributed by atoms with Gasteiger partial charge in [-0.25, -0.2) is 13.2 Å². The minimum atomic E-state index is -3.44. The Morgan fingerprint density at radius 1 is 1.33 bits per heavy atom. The number of aliphatic carboxylic acids is 1. The molecule has 1 aromatic carbocycles. The predicted molar refractivity (Wildman–Crippen MR) is 98.4 cm³/mol. The molecule has 2 aliphatic heterocycles. The Hall–Kier alpha value is -2.13. The molecule has 27 heavy (non-hydrogen) atoms. The fourth-order valence-corrected chi connectivity index (χ4v) is 4.87. The molecule has 2 atom stereocenters. The number of benzene rings is 1. The molecule has 0 radical (unpaired) electrons. The van der Waals surface area contributed by atoms with E-state index >= 15 is 0 Å². The molecule has 2 N–H and O–H groups in total. The number of ether oxygens (including phenoxy) is 1. The molecule has 0 spiro atoms. The molecule has 2 fully saturated rings. The highest BCUT2D eigenvalue weighted by atomic mass is 32.2. The summed E-state index contributed by atoms with van der Waals surface area (Å²) in [7, 11) is -3.44. The summed E-state index contributed by atoms with van der Waals surface area (Å²) < 4.78 is 30.3. The van der Waals surface area contributed by atoms with Gasteiger partial charge in [0.05, 0.1) is 22.2 Å². The van der Waals surface area contributed by atoms with Gasteiger partial charge in [-0.05, 0) is 50.5 Å². The Morgan fingerprint density at radius 3 is 2.59 bits per heavy atom. The number of hydrogen-bond acceptors (Lipinski definition) is 5. The van der Waals surface area contributed by atoms with E-state index in [0.29, 0.717) is 25.3 Å². The maximum Gasteiger partial charge on any atom is 0.321 e. The first-order chi connectivity index (χ1) is 12.7. The van der Waals surface area contributed by atoms with E-state index in [2.05, 4.69) is 5.32 Å². The lowest BCUT2D eigenvalue weighted by atomic mass is 9.90. The maximum absolute atomic E-state index is 12.4. The van der Waals surface area contributed by atoms with Crippen LogP contribution in [0.5, 0.6) is 0 Å². The van der Waals surface area contributed by atoms with Crippen LogP contribution in [0.2, 0.25) is 0 Å². The molecule has 0 aromatic heterocycles. The lowest BCUT2D eigenvalue weighted by molar-refractivity contribution is -0.146. The van der Waals surface area contributed by atoms with Crippen LogP contribution in [0.3, 0.4) is 0 Å². The first-order valence-corrected chi connectivity index (χ1v) is 10.6. The number of hydrogen-bond donors (Lipinski definition) is 2. The zero-order valence-corrected chi connectivity index (χ0v) is 16.0. The molecule has 0 aliphatic carbocycles. The highest BCUT2D eigenvalue weighted by Crippen LogP contribution is 2.30. The van der Waals surface area contributed by atoms with Crippen molar-refractivity contribution in [2.75, 3.05) is 30.8 Å². The molecule has 8 nitrogen and oxygen atoms in total. The number of rotatable bonds is 5. The largest absolute Gasteiger partial charge is 0.481 e. The van der Waals surface area contributed by atoms with Gasteiger partial charge in [-0.15, -0.1) is 0 Å². The number of urea groups is 1. The monoisotopic (exact) mass is 396 g/mol. The Balaban J connectivity index is 1.60. The normalized spacial score (nSPS) is 25.5. The molecule has 9 heteroatoms. The Bertz CT molecular complexity index is 817. The first-order valence-electron chi connectivity index (χ1n) is 8.93. The second kappa shape index (κ2) is 7.47. The number of carboxylic acids is 1. The van der Waals surface area contributed by atoms with Crippen LogP contribution >= 0.6 is 0 Å². The van der Waals surface area contributed by atoms with Crippen molar-refractivity contribution >= 4 is 27.5 Å². The summed E-state index contributed by atoms with van der Waals surface area (Å²) >= 11 is 0. The lowest BCUT2D eigenvalue weighted by Crippen LogP contribution is -2.37. The highest BCUT2D eigenvalue weighted by molar-refractivity contribution is 7.91. The van der Waals surface area contributed by atoms with Crippen molar-refractivity contribution in [2.24, 2.45) is 5.41 Å². The van der Waals surface area contributed by atoms with Crippen LogP contribution in [0.4, 0.5) is 10.5 Å². The summed E-state index contributed by atoms with van der Waals surface area (Å²) in [5, 5.41) is 11.9. The average molecular weight is 396 g/mol. The van der Waals surface area contributed by atoms with E-state index in [1.165, 1.54) is 29.2 Å². The number of likely N-dealkylation sites (tertiary alicyclic amines) is 1. The van der Waals surface area contributed by atoms with Gasteiger partial charge in [-0.3, -0.25) is 4.79 Å². The third-order valence-corrected chi connectivity index (χ3v) is 6.97. The molecular formula is C18H24N2O6S. The molecule has 0 bridgehead atoms. The number of nitrogens with zero attached hydrogens (tertiary/aromatic N) is 1. The second-order valence-corrected chi connectivity index (χ2v) is 9.44. The van der Waals surface area contributed by atoms with Crippen molar-refractivity contribution in [3.8, 4) is 0 Å². The number of nitrogens with one attached hydrogen (secondary N) is 1. The SMILES string of the molecule is CC1(C(=O)O)CCN(C(=O)Nc2ccc(S(=O)(=O)CC3CCCO3)cc2)C1. The van der Waals surface area contributed by atoms with Crippen LogP contribution in [0.1, 0.15) is 26.2 Å². The van der Waals surface area contributed by atoms with Gasteiger partial charge >= 0.3 is 12.0 Å². The van der Waals surface area contributed by atoms with Crippen molar-refractivity contribution in [1.82, 2.24) is 4.90 Å². The van der Waals surface area contributed by atoms with Crippen molar-refractivity contribution in [3.05, 3.63) is 24.3 Å². The fraction of sp³-hybridized carbons (Fsp3) is 0.556. The van der Waals surface area contributed by atoms with E-state index < -0.39 is 27.3 Å². The molecule has 1 aromatic rings. The van der Waals surface area contributed by atoms with Crippen molar-refractivity contribution in [2.45, 2.75) is 37.2 Å². The smallest absolute Gasteiger partial charge is 0.321 e. The number of sulfone groups is 1. The number of carbonyl (C=O) groups is 2. The third kappa shape index (κ3) is 4.41. The van der Waals surface area contributed by atoms with Crippen LogP contribution in [0.25, 0.3) is 0 Å². The van der Waals surface area contributed by atoms with Gasteiger partial charge in [0.2, 0.25) is 0 Å². The van der Waals surface area contributed by atoms with Gasteiger partial charge in [0.1, 0.15) is 0 Å². The van der Waals surface area contributed by atoms with Crippen LogP contribution in [0.15, 0.2) is 29.2 Å². The standard InChI is InChI=1S/C18H24N2O6S/c1-18(16(21)22)8-9-20(12-18)17(23)19-13-4-6-15(7-5-13)27(24,25)11-14-3-2-10-26-14/h4-7,14H,2-3,8-12H2,1H3,(H,19,23)(H,21,22). The number of carbonyl (C=O) groups excluding carboxylic acids is 1. The molecule has 2 unspecified atom stereocenters. The molecule has 0 saturated carbocycles. The van der Waals surface area contributed by atoms with E-state index in [1.54, 1.807) is 6.92 Å². The fourth-order valence-electron chi connectivity index (χ4n) is 3.37. The second-order valence-electron chi connectivity index (χ2n) is 7.41. The van der Waals surface area contributed by atoms with E-state index in [4.69, 9.17) is 4.74 Å². The molecule has 2 heterocycles. The number of amides is 2. The van der Waals surface area contributed by atoms with E-state index in [-0.39, 0.29) is 23.3 Å². The van der Waals surface area contributed by atoms with Gasteiger partial charge in [0.15, 0.2) is 9.84 Å². The minimum absolute atomic E-state index is 0.0414. The zero-order valence-electron chi connectivity index (χ0n) is 15.2. The Kier molecular flexibility index (Phi) is 5.43. The van der Waals surface area contributed by atoms with Gasteiger partial charge < -0.3 is 20.1 Å². The molecular weight excluding hydrogens is 372 g/mol. The summed E-state index contributed by atoms with van der Waals surface area (Å²) in [4.78, 5) is 25.2. The average Bonchev–Trinajstić information content (AvgIpc) is 3.25. The summed E-state index contributed by atoms with van der Waals surface area (Å²) in [5.74, 6) is -0.959. The van der Waals surface area contributed by atoms with E-state index in [9.17, 15) is 23.1 Å². The van der Waals surface area contributed by atoms with Crippen LogP contribution in [-0.2, 0) is 19.4 Å². The molecule has 2 saturated heterocycles. The number of carboxylic acid groups (broad SMARTS) is 1. The van der Waals surface area contributed by atoms with Crippen molar-refractivity contribution < 1.29 is 27.9 Å². The summed E-state index contributed by atoms with van der Waals surface area (Å²) in [6, 6.07) is 5.60. The van der Waals surface area contributed by atoms with Crippen LogP contribution in [-0.4, -0.2) is 62.0 Å². The zero-order chi connectivity index (χ0) is 19.7. The van der Waals surface area contributed by atoms with Gasteiger partial charge in [-0.1, -0.05) is 0 Å². The third-order valence-electron chi connectivity index (χ3n) is 5.17. The maximum atomic E-state index is 12.4. The first kappa shape index (κ1) is 19.6. The van der Waals surface area contributed by atoms with E-state index in [0.717, 1.165) is 12.8 Å². The van der Waals surface area contributed by atoms with Gasteiger partial charge in [0.25, 0.3) is 0 Å². The van der Waals surface area contributed by atoms with Gasteiger partial charge in [-0.2, -0.15) is 0 Å². The minimum Gasteiger partial charge on any atom is -0.481 e. The molecule has 148 valence electrons. The van der Waals surface area contributed by atoms with Crippen LogP contribution < -0.4 is 5.32 Å². The lowest BCUT2D eigenvalue weighted by Gasteiger charge is -2.20. The molecule has 2 aliphatic rings. The summed E-state index contributed by atoms with van der Waals surface area (Å²) in [6.07, 6.45) is 1.77. The highest BCUT2D eigenvalue weighted by Gasteiger charge is 2.42. The van der Waals surface area contributed by atoms with Gasteiger partial charge in [0, 0.05) is 25.4 Å². The molecule has 3 rings (SSSR count). The quantitative estimate of drug-likeness (QED) is 0.787. The van der Waals surface area contributed by atoms with Crippen molar-refractivity contribution in [3.63, 3.8) is 0 Å². The summed E-state index contributed by atoms with van der Waals surface area (Å²) in [5.41, 5.74) is -0.475. The Morgan fingerprint density at radius 2 is 2.04 bits per heavy atom. The van der Waals surface area contributed by atoms with Crippen LogP contribution in [0, 0.1) is 5.41 Å². The van der Waals surface area contributed by atoms with Crippen molar-refractivity contribution in [1.29, 1.82) is 0 Å².